The second-order valence-corrected chi connectivity index (χ2v) is 8.28. The summed E-state index contributed by atoms with van der Waals surface area (Å²) in [6.45, 7) is 5.36. The Labute approximate surface area is 193 Å². The number of halogens is 1. The van der Waals surface area contributed by atoms with Gasteiger partial charge in [-0.2, -0.15) is 4.98 Å². The molecule has 0 bridgehead atoms. The van der Waals surface area contributed by atoms with Gasteiger partial charge in [-0.1, -0.05) is 41.9 Å². The zero-order valence-electron chi connectivity index (χ0n) is 18.0. The lowest BCUT2D eigenvalue weighted by Gasteiger charge is -2.26. The van der Waals surface area contributed by atoms with Gasteiger partial charge in [-0.15, -0.1) is 0 Å². The molecule has 3 rings (SSSR count). The Hall–Kier alpha value is -3.20. The molecule has 0 unspecified atom stereocenters. The van der Waals surface area contributed by atoms with Crippen molar-refractivity contribution in [3.05, 3.63) is 85.1 Å². The van der Waals surface area contributed by atoms with Crippen LogP contribution in [0.1, 0.15) is 42.6 Å². The fraction of sp³-hybridized carbons (Fsp3) is 0.304. The first-order valence-electron chi connectivity index (χ1n) is 10.4. The molecule has 0 atom stereocenters. The fourth-order valence-electron chi connectivity index (χ4n) is 3.43. The highest BCUT2D eigenvalue weighted by Crippen LogP contribution is 2.17. The van der Waals surface area contributed by atoms with E-state index in [2.05, 4.69) is 20.9 Å². The predicted molar refractivity (Wildman–Crippen MR) is 127 cm³/mol. The van der Waals surface area contributed by atoms with Crippen molar-refractivity contribution in [2.45, 2.75) is 33.2 Å². The first-order chi connectivity index (χ1) is 15.3. The Bertz CT molecular complexity index is 1190. The molecule has 1 N–H and O–H groups in total. The highest BCUT2D eigenvalue weighted by Gasteiger charge is 2.20. The minimum Gasteiger partial charge on any atom is -0.478 e. The molecule has 0 aliphatic carbocycles. The Morgan fingerprint density at radius 2 is 1.59 bits per heavy atom. The minimum atomic E-state index is -1.05. The van der Waals surface area contributed by atoms with Crippen LogP contribution in [0, 0.1) is 0 Å². The van der Waals surface area contributed by atoms with Crippen LogP contribution >= 0.6 is 15.9 Å². The van der Waals surface area contributed by atoms with Gasteiger partial charge in [0, 0.05) is 17.6 Å². The maximum atomic E-state index is 13.5. The van der Waals surface area contributed by atoms with Gasteiger partial charge in [0.15, 0.2) is 0 Å². The molecule has 0 saturated heterocycles. The van der Waals surface area contributed by atoms with Crippen LogP contribution in [0.2, 0.25) is 0 Å². The van der Waals surface area contributed by atoms with E-state index in [1.807, 2.05) is 43.0 Å². The minimum absolute atomic E-state index is 0.0764. The molecule has 0 saturated carbocycles. The number of aromatic carboxylic acids is 1. The maximum Gasteiger partial charge on any atom is 0.355 e. The summed E-state index contributed by atoms with van der Waals surface area (Å²) < 4.78 is 3.37. The van der Waals surface area contributed by atoms with Gasteiger partial charge in [-0.3, -0.25) is 0 Å². The van der Waals surface area contributed by atoms with Gasteiger partial charge in [-0.05, 0) is 54.8 Å². The fourth-order valence-corrected chi connectivity index (χ4v) is 3.70. The summed E-state index contributed by atoms with van der Waals surface area (Å²) in [5, 5.41) is 9.21. The molecule has 0 aliphatic heterocycles. The number of carbonyl (C=O) groups is 1. The van der Waals surface area contributed by atoms with Crippen LogP contribution in [0.4, 0.5) is 5.95 Å². The van der Waals surface area contributed by atoms with Crippen molar-refractivity contribution < 1.29 is 9.90 Å². The van der Waals surface area contributed by atoms with E-state index in [-0.39, 0.29) is 18.1 Å². The van der Waals surface area contributed by atoms with Crippen molar-refractivity contribution in [1.82, 2.24) is 14.1 Å². The normalized spacial score (nSPS) is 10.8. The summed E-state index contributed by atoms with van der Waals surface area (Å²) in [4.78, 5) is 43.9. The smallest absolute Gasteiger partial charge is 0.355 e. The lowest BCUT2D eigenvalue weighted by atomic mass is 10.2. The third kappa shape index (κ3) is 5.16. The topological polar surface area (TPSA) is 97.4 Å². The molecular weight excluding hydrogens is 476 g/mol. The van der Waals surface area contributed by atoms with Crippen LogP contribution in [0.3, 0.4) is 0 Å². The molecule has 32 heavy (non-hydrogen) atoms. The van der Waals surface area contributed by atoms with Gasteiger partial charge < -0.3 is 10.0 Å². The molecule has 1 heterocycles. The maximum absolute atomic E-state index is 13.5. The number of nitrogens with zero attached hydrogens (tertiary/aromatic N) is 4. The molecule has 9 heteroatoms. The second kappa shape index (κ2) is 10.4. The van der Waals surface area contributed by atoms with Crippen molar-refractivity contribution >= 4 is 27.8 Å². The molecule has 0 fully saturated rings. The van der Waals surface area contributed by atoms with E-state index in [9.17, 15) is 19.5 Å². The summed E-state index contributed by atoms with van der Waals surface area (Å²) in [5.41, 5.74) is 0.197. The predicted octanol–water partition coefficient (Wildman–Crippen LogP) is 3.53. The van der Waals surface area contributed by atoms with Crippen molar-refractivity contribution in [2.75, 3.05) is 18.0 Å². The average Bonchev–Trinajstić information content (AvgIpc) is 2.77. The number of hydrogen-bond donors (Lipinski definition) is 1. The second-order valence-electron chi connectivity index (χ2n) is 7.36. The van der Waals surface area contributed by atoms with E-state index in [4.69, 9.17) is 0 Å². The lowest BCUT2D eigenvalue weighted by Crippen LogP contribution is -2.45. The van der Waals surface area contributed by atoms with Crippen molar-refractivity contribution in [2.24, 2.45) is 0 Å². The molecule has 0 aliphatic rings. The summed E-state index contributed by atoms with van der Waals surface area (Å²) >= 11 is 3.38. The van der Waals surface area contributed by atoms with E-state index in [1.54, 1.807) is 12.1 Å². The number of anilines is 1. The zero-order chi connectivity index (χ0) is 23.3. The Morgan fingerprint density at radius 1 is 1.00 bits per heavy atom. The summed E-state index contributed by atoms with van der Waals surface area (Å²) in [5.74, 6) is -0.792. The molecule has 0 radical (unpaired) electrons. The highest BCUT2D eigenvalue weighted by atomic mass is 79.9. The molecule has 1 aromatic heterocycles. The Kier molecular flexibility index (Phi) is 7.63. The molecule has 168 valence electrons. The van der Waals surface area contributed by atoms with Crippen molar-refractivity contribution in [1.29, 1.82) is 0 Å². The lowest BCUT2D eigenvalue weighted by molar-refractivity contribution is 0.0697. The highest BCUT2D eigenvalue weighted by molar-refractivity contribution is 9.10. The average molecular weight is 501 g/mol. The van der Waals surface area contributed by atoms with E-state index in [0.717, 1.165) is 27.4 Å². The number of carboxylic acid groups (broad SMARTS) is 1. The van der Waals surface area contributed by atoms with E-state index in [1.165, 1.54) is 16.7 Å². The van der Waals surface area contributed by atoms with Crippen LogP contribution in [-0.2, 0) is 6.54 Å². The van der Waals surface area contributed by atoms with Crippen LogP contribution < -0.4 is 16.3 Å². The van der Waals surface area contributed by atoms with Gasteiger partial charge in [-0.25, -0.2) is 23.5 Å². The van der Waals surface area contributed by atoms with Crippen LogP contribution in [0.5, 0.6) is 0 Å². The third-order valence-electron chi connectivity index (χ3n) is 4.95. The van der Waals surface area contributed by atoms with E-state index >= 15 is 0 Å². The molecular formula is C23H25BrN4O4. The SMILES string of the molecule is CCCN(CCC)c1nc(=O)n(Cc2ccc(Br)cc2)c(=O)n1-c1ccc(C(=O)O)cc1. The largest absolute Gasteiger partial charge is 0.478 e. The van der Waals surface area contributed by atoms with Gasteiger partial charge in [0.25, 0.3) is 0 Å². The molecule has 0 amide bonds. The van der Waals surface area contributed by atoms with E-state index in [0.29, 0.717) is 18.8 Å². The number of benzene rings is 2. The number of hydrogen-bond acceptors (Lipinski definition) is 5. The molecule has 2 aromatic carbocycles. The monoisotopic (exact) mass is 500 g/mol. The summed E-state index contributed by atoms with van der Waals surface area (Å²) in [6.07, 6.45) is 1.63. The Balaban J connectivity index is 2.20. The van der Waals surface area contributed by atoms with Crippen LogP contribution in [-0.4, -0.2) is 38.3 Å². The Morgan fingerprint density at radius 3 is 2.12 bits per heavy atom. The van der Waals surface area contributed by atoms with Crippen molar-refractivity contribution in [3.63, 3.8) is 0 Å². The summed E-state index contributed by atoms with van der Waals surface area (Å²) in [7, 11) is 0. The molecule has 8 nitrogen and oxygen atoms in total. The first kappa shape index (κ1) is 23.5. The van der Waals surface area contributed by atoms with Gasteiger partial charge >= 0.3 is 17.3 Å². The molecule has 0 spiro atoms. The van der Waals surface area contributed by atoms with Gasteiger partial charge in [0.05, 0.1) is 17.8 Å². The third-order valence-corrected chi connectivity index (χ3v) is 5.47. The van der Waals surface area contributed by atoms with Crippen LogP contribution in [0.25, 0.3) is 5.69 Å². The number of rotatable bonds is 9. The zero-order valence-corrected chi connectivity index (χ0v) is 19.6. The summed E-state index contributed by atoms with van der Waals surface area (Å²) in [6, 6.07) is 13.3. The number of aromatic nitrogens is 3. The number of carboxylic acids is 1. The standard InChI is InChI=1S/C23H25BrN4O4/c1-3-13-26(14-4-2)21-25-22(31)27(15-16-5-9-18(24)10-6-16)23(32)28(21)19-11-7-17(8-12-19)20(29)30/h5-12H,3-4,13-15H2,1-2H3,(H,29,30). The molecule has 3 aromatic rings. The van der Waals surface area contributed by atoms with Crippen molar-refractivity contribution in [3.8, 4) is 5.69 Å². The van der Waals surface area contributed by atoms with Gasteiger partial charge in [0.1, 0.15) is 0 Å². The van der Waals surface area contributed by atoms with E-state index < -0.39 is 17.3 Å². The van der Waals surface area contributed by atoms with Crippen LogP contribution in [0.15, 0.2) is 62.6 Å². The van der Waals surface area contributed by atoms with Gasteiger partial charge in [0.2, 0.25) is 5.95 Å². The quantitative estimate of drug-likeness (QED) is 0.482. The first-order valence-corrected chi connectivity index (χ1v) is 11.2.